The van der Waals surface area contributed by atoms with Gasteiger partial charge in [-0.3, -0.25) is 0 Å². The smallest absolute Gasteiger partial charge is 0.322 e. The van der Waals surface area contributed by atoms with Gasteiger partial charge in [-0.25, -0.2) is 0 Å². The number of ether oxygens (including phenoxy) is 1. The topological polar surface area (TPSA) is 51.1 Å². The lowest BCUT2D eigenvalue weighted by atomic mass is 9.96. The summed E-state index contributed by atoms with van der Waals surface area (Å²) in [6.45, 7) is 7.24. The van der Waals surface area contributed by atoms with Crippen molar-refractivity contribution in [1.82, 2.24) is 15.0 Å². The predicted octanol–water partition coefficient (Wildman–Crippen LogP) is 2.02. The van der Waals surface area contributed by atoms with Gasteiger partial charge < -0.3 is 9.64 Å². The molecule has 0 aliphatic rings. The lowest BCUT2D eigenvalue weighted by Gasteiger charge is -2.26. The fraction of sp³-hybridized carbons (Fsp3) is 0.700. The molecular weight excluding hydrogens is 228 g/mol. The summed E-state index contributed by atoms with van der Waals surface area (Å²) in [5, 5.41) is 0.141. The van der Waals surface area contributed by atoms with Crippen LogP contribution in [-0.4, -0.2) is 35.7 Å². The lowest BCUT2D eigenvalue weighted by molar-refractivity contribution is 0.375. The Bertz CT molecular complexity index is 364. The summed E-state index contributed by atoms with van der Waals surface area (Å²) in [7, 11) is 3.41. The molecule has 6 heteroatoms. The quantitative estimate of drug-likeness (QED) is 0.814. The molecule has 5 nitrogen and oxygen atoms in total. The van der Waals surface area contributed by atoms with E-state index in [1.807, 2.05) is 11.9 Å². The average molecular weight is 245 g/mol. The Labute approximate surface area is 101 Å². The van der Waals surface area contributed by atoms with E-state index in [1.54, 1.807) is 0 Å². The highest BCUT2D eigenvalue weighted by Crippen LogP contribution is 2.19. The zero-order valence-electron chi connectivity index (χ0n) is 10.3. The van der Waals surface area contributed by atoms with Gasteiger partial charge in [0.2, 0.25) is 11.2 Å². The highest BCUT2D eigenvalue weighted by Gasteiger charge is 2.17. The second kappa shape index (κ2) is 4.82. The van der Waals surface area contributed by atoms with E-state index in [-0.39, 0.29) is 16.7 Å². The van der Waals surface area contributed by atoms with Crippen LogP contribution in [0.3, 0.4) is 0 Å². The van der Waals surface area contributed by atoms with Crippen molar-refractivity contribution in [3.05, 3.63) is 5.28 Å². The molecular formula is C10H17ClN4O. The van der Waals surface area contributed by atoms with Crippen LogP contribution in [0.4, 0.5) is 5.95 Å². The maximum absolute atomic E-state index is 5.78. The van der Waals surface area contributed by atoms with Gasteiger partial charge in [0, 0.05) is 13.6 Å². The van der Waals surface area contributed by atoms with E-state index in [1.165, 1.54) is 7.11 Å². The molecule has 1 heterocycles. The second-order valence-corrected chi connectivity index (χ2v) is 5.15. The van der Waals surface area contributed by atoms with Crippen LogP contribution in [0.2, 0.25) is 5.28 Å². The average Bonchev–Trinajstić information content (AvgIpc) is 2.14. The summed E-state index contributed by atoms with van der Waals surface area (Å²) >= 11 is 5.78. The number of methoxy groups -OCH3 is 1. The third kappa shape index (κ3) is 3.81. The van der Waals surface area contributed by atoms with Gasteiger partial charge in [0.15, 0.2) is 0 Å². The molecule has 0 atom stereocenters. The molecule has 1 aromatic rings. The molecule has 90 valence electrons. The van der Waals surface area contributed by atoms with Gasteiger partial charge >= 0.3 is 6.01 Å². The molecule has 0 N–H and O–H groups in total. The summed E-state index contributed by atoms with van der Waals surface area (Å²) in [4.78, 5) is 13.9. The molecule has 0 aliphatic carbocycles. The zero-order chi connectivity index (χ0) is 12.3. The standard InChI is InChI=1S/C10H17ClN4O/c1-10(2,3)6-15(4)8-12-7(11)13-9(14-8)16-5/h6H2,1-5H3. The molecule has 0 saturated heterocycles. The molecule has 0 amide bonds. The Morgan fingerprint density at radius 1 is 1.25 bits per heavy atom. The molecule has 0 spiro atoms. The van der Waals surface area contributed by atoms with Crippen molar-refractivity contribution >= 4 is 17.5 Å². The summed E-state index contributed by atoms with van der Waals surface area (Å²) in [6, 6.07) is 0.232. The van der Waals surface area contributed by atoms with Gasteiger partial charge in [0.1, 0.15) is 0 Å². The highest BCUT2D eigenvalue weighted by atomic mass is 35.5. The molecule has 1 rings (SSSR count). The van der Waals surface area contributed by atoms with Crippen molar-refractivity contribution in [2.75, 3.05) is 25.6 Å². The monoisotopic (exact) mass is 244 g/mol. The predicted molar refractivity (Wildman–Crippen MR) is 64.1 cm³/mol. The van der Waals surface area contributed by atoms with Crippen LogP contribution in [0.1, 0.15) is 20.8 Å². The minimum atomic E-state index is 0.141. The third-order valence-corrected chi connectivity index (χ3v) is 1.98. The van der Waals surface area contributed by atoms with E-state index >= 15 is 0 Å². The van der Waals surface area contributed by atoms with Gasteiger partial charge in [-0.2, -0.15) is 15.0 Å². The van der Waals surface area contributed by atoms with Gasteiger partial charge in [0.25, 0.3) is 0 Å². The van der Waals surface area contributed by atoms with Crippen molar-refractivity contribution in [2.45, 2.75) is 20.8 Å². The highest BCUT2D eigenvalue weighted by molar-refractivity contribution is 6.28. The number of hydrogen-bond donors (Lipinski definition) is 0. The zero-order valence-corrected chi connectivity index (χ0v) is 11.0. The molecule has 0 saturated carbocycles. The first-order valence-corrected chi connectivity index (χ1v) is 5.36. The fourth-order valence-electron chi connectivity index (χ4n) is 1.37. The van der Waals surface area contributed by atoms with E-state index in [4.69, 9.17) is 16.3 Å². The van der Waals surface area contributed by atoms with Crippen molar-refractivity contribution in [3.63, 3.8) is 0 Å². The minimum absolute atomic E-state index is 0.141. The van der Waals surface area contributed by atoms with Crippen molar-refractivity contribution in [1.29, 1.82) is 0 Å². The molecule has 0 unspecified atom stereocenters. The number of nitrogens with zero attached hydrogens (tertiary/aromatic N) is 4. The summed E-state index contributed by atoms with van der Waals surface area (Å²) in [6.07, 6.45) is 0. The molecule has 0 fully saturated rings. The maximum atomic E-state index is 5.78. The van der Waals surface area contributed by atoms with Gasteiger partial charge in [0.05, 0.1) is 7.11 Å². The molecule has 0 aromatic carbocycles. The largest absolute Gasteiger partial charge is 0.467 e. The van der Waals surface area contributed by atoms with Gasteiger partial charge in [-0.1, -0.05) is 20.8 Å². The van der Waals surface area contributed by atoms with Crippen LogP contribution >= 0.6 is 11.6 Å². The molecule has 16 heavy (non-hydrogen) atoms. The lowest BCUT2D eigenvalue weighted by Crippen LogP contribution is -2.30. The first-order chi connectivity index (χ1) is 7.31. The SMILES string of the molecule is COc1nc(Cl)nc(N(C)CC(C)(C)C)n1. The van der Waals surface area contributed by atoms with Gasteiger partial charge in [-0.15, -0.1) is 0 Å². The first-order valence-electron chi connectivity index (χ1n) is 4.98. The van der Waals surface area contributed by atoms with E-state index < -0.39 is 0 Å². The van der Waals surface area contributed by atoms with E-state index in [0.29, 0.717) is 5.95 Å². The fourth-order valence-corrected chi connectivity index (χ4v) is 1.51. The number of rotatable bonds is 3. The summed E-state index contributed by atoms with van der Waals surface area (Å²) in [5.74, 6) is 0.520. The van der Waals surface area contributed by atoms with Crippen molar-refractivity contribution < 1.29 is 4.74 Å². The summed E-state index contributed by atoms with van der Waals surface area (Å²) in [5.41, 5.74) is 0.154. The molecule has 0 bridgehead atoms. The van der Waals surface area contributed by atoms with E-state index in [0.717, 1.165) is 6.54 Å². The maximum Gasteiger partial charge on any atom is 0.322 e. The number of anilines is 1. The Balaban J connectivity index is 2.90. The second-order valence-electron chi connectivity index (χ2n) is 4.81. The number of halogens is 1. The first kappa shape index (κ1) is 13.0. The van der Waals surface area contributed by atoms with Crippen LogP contribution in [0, 0.1) is 5.41 Å². The van der Waals surface area contributed by atoms with Crippen LogP contribution in [0.25, 0.3) is 0 Å². The minimum Gasteiger partial charge on any atom is -0.467 e. The molecule has 1 aromatic heterocycles. The van der Waals surface area contributed by atoms with Crippen LogP contribution in [-0.2, 0) is 0 Å². The Morgan fingerprint density at radius 2 is 1.88 bits per heavy atom. The third-order valence-electron chi connectivity index (χ3n) is 1.81. The van der Waals surface area contributed by atoms with Crippen LogP contribution < -0.4 is 9.64 Å². The van der Waals surface area contributed by atoms with Crippen molar-refractivity contribution in [2.24, 2.45) is 5.41 Å². The van der Waals surface area contributed by atoms with Crippen LogP contribution in [0.5, 0.6) is 6.01 Å². The number of hydrogen-bond acceptors (Lipinski definition) is 5. The molecule has 0 radical (unpaired) electrons. The summed E-state index contributed by atoms with van der Waals surface area (Å²) < 4.78 is 4.94. The Hall–Kier alpha value is -1.10. The Morgan fingerprint density at radius 3 is 2.38 bits per heavy atom. The van der Waals surface area contributed by atoms with Crippen molar-refractivity contribution in [3.8, 4) is 6.01 Å². The number of aromatic nitrogens is 3. The van der Waals surface area contributed by atoms with Gasteiger partial charge in [-0.05, 0) is 17.0 Å². The Kier molecular flexibility index (Phi) is 3.91. The molecule has 0 aliphatic heterocycles. The van der Waals surface area contributed by atoms with E-state index in [9.17, 15) is 0 Å². The van der Waals surface area contributed by atoms with E-state index in [2.05, 4.69) is 35.7 Å². The van der Waals surface area contributed by atoms with Crippen LogP contribution in [0.15, 0.2) is 0 Å². The normalized spacial score (nSPS) is 11.4.